The van der Waals surface area contributed by atoms with E-state index in [4.69, 9.17) is 9.47 Å². The Morgan fingerprint density at radius 3 is 2.53 bits per heavy atom. The molecule has 1 aliphatic heterocycles. The fraction of sp³-hybridized carbons (Fsp3) is 0.636. The molecule has 98 valence electrons. The van der Waals surface area contributed by atoms with E-state index in [0.717, 1.165) is 0 Å². The van der Waals surface area contributed by atoms with Gasteiger partial charge < -0.3 is 20.3 Å². The van der Waals surface area contributed by atoms with Crippen molar-refractivity contribution in [3.05, 3.63) is 12.3 Å². The van der Waals surface area contributed by atoms with Crippen LogP contribution in [0, 0.1) is 0 Å². The number of nitrogens with one attached hydrogen (secondary N) is 1. The van der Waals surface area contributed by atoms with Gasteiger partial charge in [0.05, 0.1) is 6.42 Å². The van der Waals surface area contributed by atoms with Crippen LogP contribution in [-0.4, -0.2) is 29.2 Å². The van der Waals surface area contributed by atoms with E-state index in [2.05, 4.69) is 11.9 Å². The maximum absolute atomic E-state index is 11.4. The number of cyclic esters (lactones) is 1. The molecule has 0 spiro atoms. The molecule has 1 rings (SSSR count). The maximum Gasteiger partial charge on any atom is 0.407 e. The Kier molecular flexibility index (Phi) is 5.15. The van der Waals surface area contributed by atoms with Gasteiger partial charge in [-0.15, -0.1) is 0 Å². The number of esters is 1. The lowest BCUT2D eigenvalue weighted by Gasteiger charge is -2.26. The first-order chi connectivity index (χ1) is 7.26. The fourth-order valence-electron chi connectivity index (χ4n) is 1.37. The van der Waals surface area contributed by atoms with Crippen molar-refractivity contribution in [2.75, 3.05) is 0 Å². The molecule has 6 heteroatoms. The Morgan fingerprint density at radius 1 is 1.47 bits per heavy atom. The number of ether oxygens (including phenoxy) is 2. The first kappa shape index (κ1) is 15.4. The Balaban J connectivity index is 0.00000256. The number of hydrogen-bond acceptors (Lipinski definition) is 4. The van der Waals surface area contributed by atoms with Gasteiger partial charge in [0.1, 0.15) is 11.4 Å². The zero-order chi connectivity index (χ0) is 12.3. The van der Waals surface area contributed by atoms with Crippen LogP contribution in [0.1, 0.15) is 33.6 Å². The van der Waals surface area contributed by atoms with Crippen molar-refractivity contribution < 1.29 is 24.5 Å². The summed E-state index contributed by atoms with van der Waals surface area (Å²) in [6.07, 6.45) is 0.0588. The Labute approximate surface area is 100 Å². The van der Waals surface area contributed by atoms with Crippen LogP contribution in [0.4, 0.5) is 4.79 Å². The molecule has 0 bridgehead atoms. The quantitative estimate of drug-likeness (QED) is 0.694. The van der Waals surface area contributed by atoms with E-state index in [-0.39, 0.29) is 23.9 Å². The van der Waals surface area contributed by atoms with Crippen molar-refractivity contribution in [1.82, 2.24) is 5.32 Å². The van der Waals surface area contributed by atoms with Gasteiger partial charge in [-0.1, -0.05) is 6.58 Å². The van der Waals surface area contributed by atoms with E-state index in [1.165, 1.54) is 0 Å². The minimum atomic E-state index is -0.545. The summed E-state index contributed by atoms with van der Waals surface area (Å²) in [6.45, 7) is 8.90. The third-order valence-electron chi connectivity index (χ3n) is 1.87. The van der Waals surface area contributed by atoms with Crippen LogP contribution in [-0.2, 0) is 14.3 Å². The summed E-state index contributed by atoms with van der Waals surface area (Å²) in [5.74, 6) is -0.00498. The van der Waals surface area contributed by atoms with E-state index in [1.54, 1.807) is 20.8 Å². The van der Waals surface area contributed by atoms with Gasteiger partial charge in [-0.2, -0.15) is 0 Å². The molecule has 1 unspecified atom stereocenters. The predicted octanol–water partition coefficient (Wildman–Crippen LogP) is 0.906. The topological polar surface area (TPSA) is 96.1 Å². The molecule has 1 aliphatic rings. The minimum Gasteiger partial charge on any atom is -0.444 e. The first-order valence-corrected chi connectivity index (χ1v) is 5.14. The standard InChI is InChI=1S/C11H17NO4.H2O/c1-7-5-8(6-9(13)15-7)12-10(14)16-11(2,3)4;/h8H,1,5-6H2,2-4H3,(H,12,14);1H2. The molecule has 1 heterocycles. The van der Waals surface area contributed by atoms with Crippen LogP contribution in [0.15, 0.2) is 12.3 Å². The van der Waals surface area contributed by atoms with Gasteiger partial charge in [0.25, 0.3) is 0 Å². The molecule has 0 saturated carbocycles. The van der Waals surface area contributed by atoms with E-state index < -0.39 is 11.7 Å². The van der Waals surface area contributed by atoms with Crippen molar-refractivity contribution in [2.45, 2.75) is 45.3 Å². The lowest BCUT2D eigenvalue weighted by molar-refractivity contribution is -0.142. The van der Waals surface area contributed by atoms with Gasteiger partial charge in [0.2, 0.25) is 0 Å². The van der Waals surface area contributed by atoms with Gasteiger partial charge in [-0.05, 0) is 20.8 Å². The van der Waals surface area contributed by atoms with Crippen molar-refractivity contribution in [2.24, 2.45) is 0 Å². The van der Waals surface area contributed by atoms with Crippen LogP contribution in [0.5, 0.6) is 0 Å². The molecule has 6 nitrogen and oxygen atoms in total. The second-order valence-corrected chi connectivity index (χ2v) is 4.76. The SMILES string of the molecule is C=C1CC(NC(=O)OC(C)(C)C)CC(=O)O1.O. The van der Waals surface area contributed by atoms with Gasteiger partial charge in [0.15, 0.2) is 0 Å². The van der Waals surface area contributed by atoms with Crippen LogP contribution in [0.25, 0.3) is 0 Å². The molecule has 0 radical (unpaired) electrons. The van der Waals surface area contributed by atoms with E-state index in [0.29, 0.717) is 12.2 Å². The summed E-state index contributed by atoms with van der Waals surface area (Å²) < 4.78 is 9.85. The average Bonchev–Trinajstić information content (AvgIpc) is 1.96. The molecule has 3 N–H and O–H groups in total. The lowest BCUT2D eigenvalue weighted by atomic mass is 10.1. The molecule has 0 aromatic heterocycles. The number of carbonyl (C=O) groups is 2. The molecule has 1 fully saturated rings. The predicted molar refractivity (Wildman–Crippen MR) is 61.2 cm³/mol. The van der Waals surface area contributed by atoms with E-state index in [9.17, 15) is 9.59 Å². The normalized spacial score (nSPS) is 20.1. The van der Waals surface area contributed by atoms with Crippen LogP contribution in [0.3, 0.4) is 0 Å². The minimum absolute atomic E-state index is 0. The van der Waals surface area contributed by atoms with Crippen molar-refractivity contribution in [1.29, 1.82) is 0 Å². The maximum atomic E-state index is 11.4. The van der Waals surface area contributed by atoms with Crippen molar-refractivity contribution >= 4 is 12.1 Å². The van der Waals surface area contributed by atoms with E-state index in [1.807, 2.05) is 0 Å². The molecule has 0 aromatic rings. The number of alkyl carbamates (subject to hydrolysis) is 1. The third kappa shape index (κ3) is 5.91. The van der Waals surface area contributed by atoms with E-state index >= 15 is 0 Å². The number of carbonyl (C=O) groups excluding carboxylic acids is 2. The highest BCUT2D eigenvalue weighted by Gasteiger charge is 2.26. The highest BCUT2D eigenvalue weighted by atomic mass is 16.6. The number of hydrogen-bond donors (Lipinski definition) is 1. The van der Waals surface area contributed by atoms with Crippen molar-refractivity contribution in [3.8, 4) is 0 Å². The average molecular weight is 245 g/mol. The summed E-state index contributed by atoms with van der Waals surface area (Å²) in [5, 5.41) is 2.61. The Hall–Kier alpha value is -1.56. The Morgan fingerprint density at radius 2 is 2.06 bits per heavy atom. The third-order valence-corrected chi connectivity index (χ3v) is 1.87. The van der Waals surface area contributed by atoms with Crippen LogP contribution < -0.4 is 5.32 Å². The monoisotopic (exact) mass is 245 g/mol. The zero-order valence-electron chi connectivity index (χ0n) is 10.3. The fourth-order valence-corrected chi connectivity index (χ4v) is 1.37. The van der Waals surface area contributed by atoms with Gasteiger partial charge in [0, 0.05) is 12.5 Å². The summed E-state index contributed by atoms with van der Waals surface area (Å²) in [6, 6.07) is -0.288. The molecule has 1 atom stereocenters. The highest BCUT2D eigenvalue weighted by Crippen LogP contribution is 2.17. The first-order valence-electron chi connectivity index (χ1n) is 5.14. The molecular weight excluding hydrogens is 226 g/mol. The number of rotatable bonds is 1. The highest BCUT2D eigenvalue weighted by molar-refractivity contribution is 5.74. The van der Waals surface area contributed by atoms with Crippen molar-refractivity contribution in [3.63, 3.8) is 0 Å². The molecule has 0 aliphatic carbocycles. The summed E-state index contributed by atoms with van der Waals surface area (Å²) in [7, 11) is 0. The molecule has 17 heavy (non-hydrogen) atoms. The van der Waals surface area contributed by atoms with Gasteiger partial charge >= 0.3 is 12.1 Å². The molecule has 1 saturated heterocycles. The smallest absolute Gasteiger partial charge is 0.407 e. The summed E-state index contributed by atoms with van der Waals surface area (Å²) in [5.41, 5.74) is -0.545. The van der Waals surface area contributed by atoms with Gasteiger partial charge in [-0.25, -0.2) is 4.79 Å². The lowest BCUT2D eigenvalue weighted by Crippen LogP contribution is -2.42. The Bertz CT molecular complexity index is 302. The second kappa shape index (κ2) is 5.67. The van der Waals surface area contributed by atoms with Crippen LogP contribution in [0.2, 0.25) is 0 Å². The largest absolute Gasteiger partial charge is 0.444 e. The summed E-state index contributed by atoms with van der Waals surface area (Å²) in [4.78, 5) is 22.5. The van der Waals surface area contributed by atoms with Gasteiger partial charge in [-0.3, -0.25) is 4.79 Å². The van der Waals surface area contributed by atoms with Crippen LogP contribution >= 0.6 is 0 Å². The number of amides is 1. The zero-order valence-corrected chi connectivity index (χ0v) is 10.3. The molecular formula is C11H19NO5. The molecule has 1 amide bonds. The summed E-state index contributed by atoms with van der Waals surface area (Å²) >= 11 is 0. The molecule has 0 aromatic carbocycles. The second-order valence-electron chi connectivity index (χ2n) is 4.76.